The molecule has 1 amide bonds. The van der Waals surface area contributed by atoms with Crippen LogP contribution in [0.25, 0.3) is 0 Å². The van der Waals surface area contributed by atoms with Crippen molar-refractivity contribution < 1.29 is 35.9 Å². The number of rotatable bonds is 5. The summed E-state index contributed by atoms with van der Waals surface area (Å²) in [5.74, 6) is -0.555. The topological polar surface area (TPSA) is 55.6 Å². The predicted octanol–water partition coefficient (Wildman–Crippen LogP) is 5.57. The molecule has 2 aromatic rings. The monoisotopic (exact) mass is 510 g/mol. The maximum Gasteiger partial charge on any atom is 0.416 e. The van der Waals surface area contributed by atoms with Crippen LogP contribution >= 0.6 is 12.4 Å². The zero-order valence-electron chi connectivity index (χ0n) is 18.2. The van der Waals surface area contributed by atoms with E-state index in [2.05, 4.69) is 0 Å². The first-order chi connectivity index (χ1) is 15.4. The molecule has 2 aromatic carbocycles. The second-order valence-electron chi connectivity index (χ2n) is 8.01. The van der Waals surface area contributed by atoms with Gasteiger partial charge in [-0.3, -0.25) is 4.79 Å². The minimum absolute atomic E-state index is 0. The number of ether oxygens (including phenoxy) is 1. The van der Waals surface area contributed by atoms with Crippen LogP contribution in [0.2, 0.25) is 0 Å². The van der Waals surface area contributed by atoms with Gasteiger partial charge in [-0.2, -0.15) is 26.3 Å². The number of likely N-dealkylation sites (tertiary alicyclic amines) is 1. The maximum absolute atomic E-state index is 13.2. The van der Waals surface area contributed by atoms with E-state index in [1.165, 1.54) is 6.92 Å². The zero-order chi connectivity index (χ0) is 24.4. The van der Waals surface area contributed by atoms with Crippen LogP contribution in [-0.4, -0.2) is 36.5 Å². The molecule has 0 spiro atoms. The fourth-order valence-electron chi connectivity index (χ4n) is 4.02. The molecule has 188 valence electrons. The Balaban J connectivity index is 0.00000408. The van der Waals surface area contributed by atoms with Crippen molar-refractivity contribution in [2.24, 2.45) is 5.73 Å². The number of benzene rings is 2. The average molecular weight is 511 g/mol. The fourth-order valence-corrected chi connectivity index (χ4v) is 4.02. The van der Waals surface area contributed by atoms with Gasteiger partial charge in [-0.1, -0.05) is 30.3 Å². The number of halogens is 7. The summed E-state index contributed by atoms with van der Waals surface area (Å²) in [7, 11) is 0. The van der Waals surface area contributed by atoms with Crippen molar-refractivity contribution in [1.82, 2.24) is 4.90 Å². The molecule has 0 unspecified atom stereocenters. The van der Waals surface area contributed by atoms with Gasteiger partial charge in [0.1, 0.15) is 0 Å². The number of alkyl halides is 6. The van der Waals surface area contributed by atoms with Crippen molar-refractivity contribution in [1.29, 1.82) is 0 Å². The standard InChI is InChI=1S/C23H24F6N2O2.ClH/c1-14(16-9-17(22(24,25)26)11-18(10-16)23(27,28)29)33-20-7-8-31(21(32)12-30)13-19(20)15-5-3-2-4-6-15;/h2-6,9-11,14,19-20H,7-8,12-13,30H2,1H3;1H/t14-,19+,20+;/m1./s1. The Kier molecular flexibility index (Phi) is 9.01. The molecule has 1 fully saturated rings. The van der Waals surface area contributed by atoms with Gasteiger partial charge in [-0.05, 0) is 42.7 Å². The number of carbonyl (C=O) groups is 1. The SMILES string of the molecule is C[C@@H](O[C@H]1CCN(C(=O)CN)C[C@H]1c1ccccc1)c1cc(C(F)(F)F)cc(C(F)(F)F)c1.Cl. The molecule has 11 heteroatoms. The van der Waals surface area contributed by atoms with Crippen molar-refractivity contribution in [3.63, 3.8) is 0 Å². The van der Waals surface area contributed by atoms with Gasteiger partial charge in [0.15, 0.2) is 0 Å². The van der Waals surface area contributed by atoms with E-state index in [-0.39, 0.29) is 49.0 Å². The molecule has 0 bridgehead atoms. The molecule has 1 saturated heterocycles. The zero-order valence-corrected chi connectivity index (χ0v) is 19.0. The summed E-state index contributed by atoms with van der Waals surface area (Å²) in [6.07, 6.45) is -11.1. The van der Waals surface area contributed by atoms with E-state index in [4.69, 9.17) is 10.5 Å². The van der Waals surface area contributed by atoms with E-state index in [9.17, 15) is 31.1 Å². The van der Waals surface area contributed by atoms with Crippen LogP contribution in [0.1, 0.15) is 47.6 Å². The Bertz CT molecular complexity index is 936. The molecule has 2 N–H and O–H groups in total. The first-order valence-electron chi connectivity index (χ1n) is 10.4. The smallest absolute Gasteiger partial charge is 0.370 e. The number of amides is 1. The number of nitrogens with zero attached hydrogens (tertiary/aromatic N) is 1. The highest BCUT2D eigenvalue weighted by Crippen LogP contribution is 2.39. The Labute approximate surface area is 199 Å². The van der Waals surface area contributed by atoms with Crippen LogP contribution in [-0.2, 0) is 21.9 Å². The van der Waals surface area contributed by atoms with Crippen molar-refractivity contribution >= 4 is 18.3 Å². The normalized spacial score (nSPS) is 19.9. The van der Waals surface area contributed by atoms with Crippen LogP contribution < -0.4 is 5.73 Å². The highest BCUT2D eigenvalue weighted by molar-refractivity contribution is 5.85. The number of hydrogen-bond donors (Lipinski definition) is 1. The van der Waals surface area contributed by atoms with Crippen LogP contribution in [0.5, 0.6) is 0 Å². The molecule has 1 aliphatic rings. The van der Waals surface area contributed by atoms with Crippen molar-refractivity contribution in [3.05, 3.63) is 70.8 Å². The van der Waals surface area contributed by atoms with Crippen molar-refractivity contribution in [2.45, 2.75) is 43.8 Å². The Morgan fingerprint density at radius 1 is 1.06 bits per heavy atom. The van der Waals surface area contributed by atoms with Gasteiger partial charge in [0.2, 0.25) is 5.91 Å². The summed E-state index contributed by atoms with van der Waals surface area (Å²) < 4.78 is 85.5. The van der Waals surface area contributed by atoms with E-state index < -0.39 is 35.7 Å². The highest BCUT2D eigenvalue weighted by Gasteiger charge is 2.38. The Morgan fingerprint density at radius 2 is 1.62 bits per heavy atom. The van der Waals surface area contributed by atoms with Crippen molar-refractivity contribution in [2.75, 3.05) is 19.6 Å². The van der Waals surface area contributed by atoms with Gasteiger partial charge in [0.25, 0.3) is 0 Å². The molecule has 34 heavy (non-hydrogen) atoms. The van der Waals surface area contributed by atoms with Gasteiger partial charge in [-0.15, -0.1) is 12.4 Å². The minimum atomic E-state index is -4.93. The lowest BCUT2D eigenvalue weighted by atomic mass is 9.87. The first kappa shape index (κ1) is 27.9. The molecule has 4 nitrogen and oxygen atoms in total. The lowest BCUT2D eigenvalue weighted by Gasteiger charge is -2.40. The summed E-state index contributed by atoms with van der Waals surface area (Å²) in [5, 5.41) is 0. The lowest BCUT2D eigenvalue weighted by Crippen LogP contribution is -2.47. The van der Waals surface area contributed by atoms with Gasteiger partial charge >= 0.3 is 12.4 Å². The number of nitrogens with two attached hydrogens (primary N) is 1. The third-order valence-electron chi connectivity index (χ3n) is 5.76. The van der Waals surface area contributed by atoms with E-state index >= 15 is 0 Å². The second kappa shape index (κ2) is 11.0. The van der Waals surface area contributed by atoms with Crippen LogP contribution in [0.15, 0.2) is 48.5 Å². The van der Waals surface area contributed by atoms with E-state index in [1.54, 1.807) is 4.90 Å². The number of piperidine rings is 1. The van der Waals surface area contributed by atoms with Crippen LogP contribution in [0, 0.1) is 0 Å². The summed E-state index contributed by atoms with van der Waals surface area (Å²) in [5.41, 5.74) is 3.34. The molecule has 0 aliphatic carbocycles. The largest absolute Gasteiger partial charge is 0.416 e. The van der Waals surface area contributed by atoms with Gasteiger partial charge in [-0.25, -0.2) is 0 Å². The van der Waals surface area contributed by atoms with Crippen molar-refractivity contribution in [3.8, 4) is 0 Å². The van der Waals surface area contributed by atoms with E-state index in [0.29, 0.717) is 25.1 Å². The number of carbonyl (C=O) groups excluding carboxylic acids is 1. The van der Waals surface area contributed by atoms with Crippen LogP contribution in [0.3, 0.4) is 0 Å². The first-order valence-corrected chi connectivity index (χ1v) is 10.4. The molecule has 3 atom stereocenters. The van der Waals surface area contributed by atoms with Gasteiger partial charge < -0.3 is 15.4 Å². The highest BCUT2D eigenvalue weighted by atomic mass is 35.5. The summed E-state index contributed by atoms with van der Waals surface area (Å²) in [4.78, 5) is 13.7. The lowest BCUT2D eigenvalue weighted by molar-refractivity contribution is -0.143. The molecular formula is C23H25ClF6N2O2. The maximum atomic E-state index is 13.2. The Morgan fingerprint density at radius 3 is 2.12 bits per heavy atom. The van der Waals surface area contributed by atoms with Gasteiger partial charge in [0.05, 0.1) is 29.9 Å². The third kappa shape index (κ3) is 6.64. The average Bonchev–Trinajstić information content (AvgIpc) is 2.77. The summed E-state index contributed by atoms with van der Waals surface area (Å²) >= 11 is 0. The minimum Gasteiger partial charge on any atom is -0.370 e. The molecule has 3 rings (SSSR count). The predicted molar refractivity (Wildman–Crippen MR) is 116 cm³/mol. The summed E-state index contributed by atoms with van der Waals surface area (Å²) in [6.45, 7) is 1.88. The fraction of sp³-hybridized carbons (Fsp3) is 0.435. The summed E-state index contributed by atoms with van der Waals surface area (Å²) in [6, 6.07) is 10.6. The van der Waals surface area contributed by atoms with Gasteiger partial charge in [0, 0.05) is 19.0 Å². The van der Waals surface area contributed by atoms with Crippen LogP contribution in [0.4, 0.5) is 26.3 Å². The second-order valence-corrected chi connectivity index (χ2v) is 8.01. The number of hydrogen-bond acceptors (Lipinski definition) is 3. The molecule has 0 radical (unpaired) electrons. The van der Waals surface area contributed by atoms with E-state index in [1.807, 2.05) is 30.3 Å². The third-order valence-corrected chi connectivity index (χ3v) is 5.76. The molecule has 0 saturated carbocycles. The quantitative estimate of drug-likeness (QED) is 0.535. The molecule has 1 aliphatic heterocycles. The van der Waals surface area contributed by atoms with E-state index in [0.717, 1.165) is 5.56 Å². The molecular weight excluding hydrogens is 486 g/mol. The Hall–Kier alpha value is -2.30. The molecule has 0 aromatic heterocycles. The molecule has 1 heterocycles.